The molecule has 13 heavy (non-hydrogen) atoms. The van der Waals surface area contributed by atoms with E-state index in [-0.39, 0.29) is 5.82 Å². The Bertz CT molecular complexity index is 447. The van der Waals surface area contributed by atoms with E-state index >= 15 is 0 Å². The zero-order valence-corrected chi connectivity index (χ0v) is 7.52. The molecule has 0 amide bonds. The van der Waals surface area contributed by atoms with E-state index in [1.807, 2.05) is 6.92 Å². The molecule has 1 N–H and O–H groups in total. The van der Waals surface area contributed by atoms with Crippen molar-refractivity contribution in [2.75, 3.05) is 7.11 Å². The van der Waals surface area contributed by atoms with Gasteiger partial charge in [0.15, 0.2) is 0 Å². The number of ether oxygens (including phenoxy) is 1. The van der Waals surface area contributed by atoms with Crippen molar-refractivity contribution >= 4 is 10.9 Å². The lowest BCUT2D eigenvalue weighted by molar-refractivity contribution is 0.409. The number of hydrogen-bond acceptors (Lipinski definition) is 1. The lowest BCUT2D eigenvalue weighted by Crippen LogP contribution is -1.90. The summed E-state index contributed by atoms with van der Waals surface area (Å²) in [6, 6.07) is 3.13. The van der Waals surface area contributed by atoms with Crippen LogP contribution in [0.3, 0.4) is 0 Å². The molecule has 0 aliphatic rings. The van der Waals surface area contributed by atoms with Gasteiger partial charge in [-0.05, 0) is 13.0 Å². The van der Waals surface area contributed by atoms with Gasteiger partial charge < -0.3 is 9.72 Å². The molecule has 0 bridgehead atoms. The third-order valence-corrected chi connectivity index (χ3v) is 2.23. The highest BCUT2D eigenvalue weighted by Crippen LogP contribution is 2.28. The predicted octanol–water partition coefficient (Wildman–Crippen LogP) is 2.62. The largest absolute Gasteiger partial charge is 0.496 e. The molecule has 1 aromatic carbocycles. The zero-order valence-electron chi connectivity index (χ0n) is 7.52. The minimum atomic E-state index is -0.251. The van der Waals surface area contributed by atoms with Crippen LogP contribution < -0.4 is 4.74 Å². The molecule has 2 aromatic rings. The maximum absolute atomic E-state index is 13.3. The van der Waals surface area contributed by atoms with E-state index in [9.17, 15) is 4.39 Å². The van der Waals surface area contributed by atoms with Crippen molar-refractivity contribution in [3.63, 3.8) is 0 Å². The second-order valence-electron chi connectivity index (χ2n) is 2.95. The van der Waals surface area contributed by atoms with Gasteiger partial charge in [0.05, 0.1) is 12.6 Å². The quantitative estimate of drug-likeness (QED) is 0.715. The van der Waals surface area contributed by atoms with Crippen molar-refractivity contribution in [1.82, 2.24) is 4.98 Å². The van der Waals surface area contributed by atoms with Crippen LogP contribution >= 0.6 is 0 Å². The molecule has 3 heteroatoms. The Morgan fingerprint density at radius 1 is 1.46 bits per heavy atom. The topological polar surface area (TPSA) is 25.0 Å². The molecule has 0 saturated carbocycles. The molecule has 0 atom stereocenters. The minimum Gasteiger partial charge on any atom is -0.496 e. The molecule has 0 radical (unpaired) electrons. The van der Waals surface area contributed by atoms with Gasteiger partial charge in [0.25, 0.3) is 0 Å². The van der Waals surface area contributed by atoms with Crippen LogP contribution in [0.4, 0.5) is 4.39 Å². The molecule has 2 rings (SSSR count). The molecule has 0 saturated heterocycles. The normalized spacial score (nSPS) is 10.7. The highest BCUT2D eigenvalue weighted by Gasteiger charge is 2.09. The van der Waals surface area contributed by atoms with Crippen molar-refractivity contribution < 1.29 is 9.13 Å². The standard InChI is InChI=1S/C10H10FNO/c1-6-9(13-2)5-8(11)7-3-4-12-10(6)7/h3-5,12H,1-2H3. The lowest BCUT2D eigenvalue weighted by Gasteiger charge is -2.05. The molecular formula is C10H10FNO. The number of aromatic nitrogens is 1. The van der Waals surface area contributed by atoms with E-state index in [1.165, 1.54) is 13.2 Å². The van der Waals surface area contributed by atoms with E-state index in [4.69, 9.17) is 4.74 Å². The summed E-state index contributed by atoms with van der Waals surface area (Å²) >= 11 is 0. The number of rotatable bonds is 1. The molecule has 0 unspecified atom stereocenters. The number of aromatic amines is 1. The lowest BCUT2D eigenvalue weighted by atomic mass is 10.1. The van der Waals surface area contributed by atoms with Crippen LogP contribution in [0.15, 0.2) is 18.3 Å². The Kier molecular flexibility index (Phi) is 1.72. The second-order valence-corrected chi connectivity index (χ2v) is 2.95. The molecule has 0 aliphatic heterocycles. The monoisotopic (exact) mass is 179 g/mol. The Morgan fingerprint density at radius 3 is 2.92 bits per heavy atom. The van der Waals surface area contributed by atoms with Gasteiger partial charge in [-0.1, -0.05) is 0 Å². The minimum absolute atomic E-state index is 0.251. The van der Waals surface area contributed by atoms with E-state index < -0.39 is 0 Å². The first-order chi connectivity index (χ1) is 6.24. The summed E-state index contributed by atoms with van der Waals surface area (Å²) in [5.41, 5.74) is 1.74. The van der Waals surface area contributed by atoms with Gasteiger partial charge in [0, 0.05) is 23.2 Å². The second kappa shape index (κ2) is 2.76. The van der Waals surface area contributed by atoms with Crippen LogP contribution in [0.1, 0.15) is 5.56 Å². The number of halogens is 1. The summed E-state index contributed by atoms with van der Waals surface area (Å²) in [5.74, 6) is 0.325. The number of fused-ring (bicyclic) bond motifs is 1. The van der Waals surface area contributed by atoms with Crippen LogP contribution in [-0.4, -0.2) is 12.1 Å². The van der Waals surface area contributed by atoms with Crippen molar-refractivity contribution in [1.29, 1.82) is 0 Å². The smallest absolute Gasteiger partial charge is 0.136 e. The zero-order chi connectivity index (χ0) is 9.42. The first-order valence-corrected chi connectivity index (χ1v) is 4.04. The van der Waals surface area contributed by atoms with E-state index in [0.717, 1.165) is 11.1 Å². The van der Waals surface area contributed by atoms with Crippen LogP contribution in [0.2, 0.25) is 0 Å². The molecule has 0 fully saturated rings. The maximum atomic E-state index is 13.3. The van der Waals surface area contributed by atoms with Crippen LogP contribution in [0.25, 0.3) is 10.9 Å². The van der Waals surface area contributed by atoms with Gasteiger partial charge in [-0.15, -0.1) is 0 Å². The summed E-state index contributed by atoms with van der Waals surface area (Å²) in [7, 11) is 1.54. The highest BCUT2D eigenvalue weighted by atomic mass is 19.1. The van der Waals surface area contributed by atoms with Gasteiger partial charge >= 0.3 is 0 Å². The number of aryl methyl sites for hydroxylation is 1. The molecule has 2 nitrogen and oxygen atoms in total. The summed E-state index contributed by atoms with van der Waals surface area (Å²) in [5, 5.41) is 0.610. The number of methoxy groups -OCH3 is 1. The number of H-pyrrole nitrogens is 1. The van der Waals surface area contributed by atoms with Crippen molar-refractivity contribution in [3.8, 4) is 5.75 Å². The number of nitrogens with one attached hydrogen (secondary N) is 1. The Morgan fingerprint density at radius 2 is 2.23 bits per heavy atom. The van der Waals surface area contributed by atoms with Crippen LogP contribution in [0, 0.1) is 12.7 Å². The number of hydrogen-bond donors (Lipinski definition) is 1. The third kappa shape index (κ3) is 1.08. The maximum Gasteiger partial charge on any atom is 0.136 e. The van der Waals surface area contributed by atoms with Crippen molar-refractivity contribution in [2.24, 2.45) is 0 Å². The van der Waals surface area contributed by atoms with E-state index in [1.54, 1.807) is 12.3 Å². The fourth-order valence-electron chi connectivity index (χ4n) is 1.52. The van der Waals surface area contributed by atoms with Gasteiger partial charge in [0.1, 0.15) is 11.6 Å². The van der Waals surface area contributed by atoms with Crippen molar-refractivity contribution in [3.05, 3.63) is 29.7 Å². The highest BCUT2D eigenvalue weighted by molar-refractivity contribution is 5.85. The Balaban J connectivity index is 2.85. The molecule has 0 aliphatic carbocycles. The van der Waals surface area contributed by atoms with Gasteiger partial charge in [-0.25, -0.2) is 4.39 Å². The summed E-state index contributed by atoms with van der Waals surface area (Å²) in [6.45, 7) is 1.90. The fraction of sp³-hybridized carbons (Fsp3) is 0.200. The van der Waals surface area contributed by atoms with E-state index in [0.29, 0.717) is 11.1 Å². The van der Waals surface area contributed by atoms with Gasteiger partial charge in [-0.3, -0.25) is 0 Å². The molecule has 1 heterocycles. The molecule has 68 valence electrons. The van der Waals surface area contributed by atoms with Crippen molar-refractivity contribution in [2.45, 2.75) is 6.92 Å². The first-order valence-electron chi connectivity index (χ1n) is 4.04. The Labute approximate surface area is 75.3 Å². The van der Waals surface area contributed by atoms with E-state index in [2.05, 4.69) is 4.98 Å². The molecular weight excluding hydrogens is 169 g/mol. The van der Waals surface area contributed by atoms with Crippen LogP contribution in [0.5, 0.6) is 5.75 Å². The number of benzene rings is 1. The average Bonchev–Trinajstić information content (AvgIpc) is 2.60. The SMILES string of the molecule is COc1cc(F)c2cc[nH]c2c1C. The predicted molar refractivity (Wildman–Crippen MR) is 49.5 cm³/mol. The molecule has 1 aromatic heterocycles. The third-order valence-electron chi connectivity index (χ3n) is 2.23. The van der Waals surface area contributed by atoms with Gasteiger partial charge in [-0.2, -0.15) is 0 Å². The summed E-state index contributed by atoms with van der Waals surface area (Å²) < 4.78 is 18.4. The first kappa shape index (κ1) is 8.10. The fourth-order valence-corrected chi connectivity index (χ4v) is 1.52. The average molecular weight is 179 g/mol. The summed E-state index contributed by atoms with van der Waals surface area (Å²) in [4.78, 5) is 2.98. The summed E-state index contributed by atoms with van der Waals surface area (Å²) in [6.07, 6.45) is 1.72. The Hall–Kier alpha value is -1.51. The van der Waals surface area contributed by atoms with Crippen LogP contribution in [-0.2, 0) is 0 Å². The van der Waals surface area contributed by atoms with Gasteiger partial charge in [0.2, 0.25) is 0 Å². The molecule has 0 spiro atoms.